The highest BCUT2D eigenvalue weighted by Crippen LogP contribution is 2.36. The lowest BCUT2D eigenvalue weighted by Crippen LogP contribution is -2.43. The van der Waals surface area contributed by atoms with Gasteiger partial charge in [-0.05, 0) is 74.9 Å². The van der Waals surface area contributed by atoms with Gasteiger partial charge in [-0.2, -0.15) is 0 Å². The van der Waals surface area contributed by atoms with Gasteiger partial charge in [-0.25, -0.2) is 9.29 Å². The van der Waals surface area contributed by atoms with E-state index in [-0.39, 0.29) is 11.9 Å². The van der Waals surface area contributed by atoms with E-state index < -0.39 is 11.7 Å². The molecule has 0 aromatic heterocycles. The fourth-order valence-electron chi connectivity index (χ4n) is 4.25. The quantitative estimate of drug-likeness (QED) is 0.692. The van der Waals surface area contributed by atoms with Gasteiger partial charge in [-0.1, -0.05) is 12.1 Å². The number of carbonyl (C=O) groups excluding carboxylic acids is 2. The van der Waals surface area contributed by atoms with Crippen molar-refractivity contribution in [2.45, 2.75) is 18.9 Å². The summed E-state index contributed by atoms with van der Waals surface area (Å²) in [6.45, 7) is 1.86. The lowest BCUT2D eigenvalue weighted by molar-refractivity contribution is -0.120. The first-order valence-electron chi connectivity index (χ1n) is 10.3. The molecule has 2 aliphatic rings. The number of benzene rings is 2. The molecular formula is C24H26FN3O3. The topological polar surface area (TPSA) is 53.1 Å². The number of likely N-dealkylation sites (N-methyl/N-ethyl adjacent to an activating group) is 1. The molecule has 0 bridgehead atoms. The molecule has 0 radical (unpaired) electrons. The summed E-state index contributed by atoms with van der Waals surface area (Å²) in [5.74, 6) is -0.524. The zero-order chi connectivity index (χ0) is 22.1. The average molecular weight is 423 g/mol. The van der Waals surface area contributed by atoms with Crippen LogP contribution in [0.2, 0.25) is 0 Å². The Bertz CT molecular complexity index is 1010. The number of hydrogen-bond acceptors (Lipinski definition) is 5. The second-order valence-corrected chi connectivity index (χ2v) is 8.02. The Morgan fingerprint density at radius 3 is 2.16 bits per heavy atom. The molecule has 2 aliphatic heterocycles. The number of piperidine rings is 1. The molecule has 0 atom stereocenters. The van der Waals surface area contributed by atoms with E-state index in [1.807, 2.05) is 11.9 Å². The molecule has 0 saturated carbocycles. The first kappa shape index (κ1) is 21.1. The second kappa shape index (κ2) is 8.51. The summed E-state index contributed by atoms with van der Waals surface area (Å²) in [4.78, 5) is 32.4. The SMILES string of the molecule is COc1ccc(N2C(=O)C(c3ccc(F)cc3)=C(N(C)C3CCN(C)CC3)C2=O)cc1. The Balaban J connectivity index is 1.76. The number of nitrogens with zero attached hydrogens (tertiary/aromatic N) is 3. The summed E-state index contributed by atoms with van der Waals surface area (Å²) >= 11 is 0. The van der Waals surface area contributed by atoms with Crippen LogP contribution < -0.4 is 9.64 Å². The van der Waals surface area contributed by atoms with Crippen LogP contribution in [-0.2, 0) is 9.59 Å². The van der Waals surface area contributed by atoms with Crippen molar-refractivity contribution in [2.24, 2.45) is 0 Å². The maximum Gasteiger partial charge on any atom is 0.282 e. The van der Waals surface area contributed by atoms with Gasteiger partial charge in [-0.15, -0.1) is 0 Å². The lowest BCUT2D eigenvalue weighted by atomic mass is 10.00. The number of amides is 2. The third-order valence-corrected chi connectivity index (χ3v) is 6.11. The summed E-state index contributed by atoms with van der Waals surface area (Å²) in [7, 11) is 5.51. The largest absolute Gasteiger partial charge is 0.497 e. The molecule has 0 spiro atoms. The van der Waals surface area contributed by atoms with Crippen LogP contribution in [-0.4, -0.2) is 62.0 Å². The summed E-state index contributed by atoms with van der Waals surface area (Å²) < 4.78 is 18.7. The van der Waals surface area contributed by atoms with Crippen molar-refractivity contribution in [2.75, 3.05) is 39.2 Å². The highest BCUT2D eigenvalue weighted by atomic mass is 19.1. The predicted molar refractivity (Wildman–Crippen MR) is 117 cm³/mol. The highest BCUT2D eigenvalue weighted by molar-refractivity contribution is 6.45. The zero-order valence-electron chi connectivity index (χ0n) is 18.0. The van der Waals surface area contributed by atoms with Crippen LogP contribution >= 0.6 is 0 Å². The van der Waals surface area contributed by atoms with Crippen molar-refractivity contribution in [3.63, 3.8) is 0 Å². The maximum atomic E-state index is 13.6. The minimum Gasteiger partial charge on any atom is -0.497 e. The van der Waals surface area contributed by atoms with Gasteiger partial charge in [0.05, 0.1) is 18.4 Å². The number of methoxy groups -OCH3 is 1. The summed E-state index contributed by atoms with van der Waals surface area (Å²) in [5.41, 5.74) is 1.68. The molecule has 0 N–H and O–H groups in total. The van der Waals surface area contributed by atoms with E-state index in [1.54, 1.807) is 43.5 Å². The monoisotopic (exact) mass is 423 g/mol. The summed E-state index contributed by atoms with van der Waals surface area (Å²) in [5, 5.41) is 0. The van der Waals surface area contributed by atoms with Crippen molar-refractivity contribution in [3.05, 3.63) is 65.6 Å². The highest BCUT2D eigenvalue weighted by Gasteiger charge is 2.43. The van der Waals surface area contributed by atoms with Crippen LogP contribution in [0.5, 0.6) is 5.75 Å². The van der Waals surface area contributed by atoms with Gasteiger partial charge >= 0.3 is 0 Å². The molecule has 6 nitrogen and oxygen atoms in total. The summed E-state index contributed by atoms with van der Waals surface area (Å²) in [6.07, 6.45) is 1.80. The molecule has 1 fully saturated rings. The minimum absolute atomic E-state index is 0.147. The first-order valence-corrected chi connectivity index (χ1v) is 10.3. The Morgan fingerprint density at radius 2 is 1.58 bits per heavy atom. The van der Waals surface area contributed by atoms with Gasteiger partial charge in [-0.3, -0.25) is 9.59 Å². The van der Waals surface area contributed by atoms with Crippen molar-refractivity contribution in [1.29, 1.82) is 0 Å². The summed E-state index contributed by atoms with van der Waals surface area (Å²) in [6, 6.07) is 12.7. The fraction of sp³-hybridized carbons (Fsp3) is 0.333. The molecule has 162 valence electrons. The molecule has 2 amide bonds. The molecule has 2 heterocycles. The van der Waals surface area contributed by atoms with Crippen LogP contribution in [0, 0.1) is 5.82 Å². The number of halogens is 1. The van der Waals surface area contributed by atoms with Crippen LogP contribution in [0.4, 0.5) is 10.1 Å². The Hall–Kier alpha value is -3.19. The number of imide groups is 1. The minimum atomic E-state index is -0.406. The number of hydrogen-bond donors (Lipinski definition) is 0. The molecule has 0 aliphatic carbocycles. The van der Waals surface area contributed by atoms with Gasteiger partial charge in [0.15, 0.2) is 0 Å². The van der Waals surface area contributed by atoms with Gasteiger partial charge < -0.3 is 14.5 Å². The molecule has 2 aromatic rings. The van der Waals surface area contributed by atoms with Crippen LogP contribution in [0.1, 0.15) is 18.4 Å². The molecule has 0 unspecified atom stereocenters. The molecule has 4 rings (SSSR count). The van der Waals surface area contributed by atoms with Crippen LogP contribution in [0.15, 0.2) is 54.2 Å². The zero-order valence-corrected chi connectivity index (χ0v) is 18.0. The third-order valence-electron chi connectivity index (χ3n) is 6.11. The maximum absolute atomic E-state index is 13.6. The van der Waals surface area contributed by atoms with E-state index in [0.717, 1.165) is 25.9 Å². The molecule has 2 aromatic carbocycles. The molecule has 1 saturated heterocycles. The average Bonchev–Trinajstić information content (AvgIpc) is 3.04. The first-order chi connectivity index (χ1) is 14.9. The van der Waals surface area contributed by atoms with E-state index in [1.165, 1.54) is 17.0 Å². The normalized spacial score (nSPS) is 18.1. The lowest BCUT2D eigenvalue weighted by Gasteiger charge is -2.36. The molecular weight excluding hydrogens is 397 g/mol. The van der Waals surface area contributed by atoms with Crippen LogP contribution in [0.3, 0.4) is 0 Å². The van der Waals surface area contributed by atoms with E-state index in [2.05, 4.69) is 11.9 Å². The van der Waals surface area contributed by atoms with Gasteiger partial charge in [0.1, 0.15) is 17.3 Å². The predicted octanol–water partition coefficient (Wildman–Crippen LogP) is 3.14. The van der Waals surface area contributed by atoms with Crippen molar-refractivity contribution in [3.8, 4) is 5.75 Å². The Labute approximate surface area is 181 Å². The van der Waals surface area contributed by atoms with E-state index in [0.29, 0.717) is 28.3 Å². The van der Waals surface area contributed by atoms with Crippen LogP contribution in [0.25, 0.3) is 5.57 Å². The second-order valence-electron chi connectivity index (χ2n) is 8.02. The van der Waals surface area contributed by atoms with E-state index in [9.17, 15) is 14.0 Å². The number of likely N-dealkylation sites (tertiary alicyclic amines) is 1. The van der Waals surface area contributed by atoms with Crippen molar-refractivity contribution in [1.82, 2.24) is 9.80 Å². The standard InChI is InChI=1S/C24H26FN3O3/c1-26-14-12-18(13-15-26)27(2)22-21(16-4-6-17(25)7-5-16)23(29)28(24(22)30)19-8-10-20(31-3)11-9-19/h4-11,18H,12-15H2,1-3H3. The van der Waals surface area contributed by atoms with Crippen molar-refractivity contribution >= 4 is 23.1 Å². The van der Waals surface area contributed by atoms with E-state index >= 15 is 0 Å². The van der Waals surface area contributed by atoms with Gasteiger partial charge in [0, 0.05) is 13.1 Å². The molecule has 7 heteroatoms. The third kappa shape index (κ3) is 3.93. The van der Waals surface area contributed by atoms with Gasteiger partial charge in [0.2, 0.25) is 0 Å². The van der Waals surface area contributed by atoms with E-state index in [4.69, 9.17) is 4.74 Å². The Morgan fingerprint density at radius 1 is 0.968 bits per heavy atom. The van der Waals surface area contributed by atoms with Crippen molar-refractivity contribution < 1.29 is 18.7 Å². The number of carbonyl (C=O) groups is 2. The fourth-order valence-corrected chi connectivity index (χ4v) is 4.25. The number of anilines is 1. The number of ether oxygens (including phenoxy) is 1. The Kier molecular flexibility index (Phi) is 5.78. The smallest absolute Gasteiger partial charge is 0.282 e. The molecule has 31 heavy (non-hydrogen) atoms. The van der Waals surface area contributed by atoms with Gasteiger partial charge in [0.25, 0.3) is 11.8 Å². The number of rotatable bonds is 5.